The molecule has 0 saturated carbocycles. The lowest BCUT2D eigenvalue weighted by atomic mass is 10.0. The number of rotatable bonds is 7. The number of aromatic nitrogens is 4. The van der Waals surface area contributed by atoms with Gasteiger partial charge in [0.05, 0.1) is 5.56 Å². The zero-order valence-electron chi connectivity index (χ0n) is 19.7. The van der Waals surface area contributed by atoms with E-state index in [1.54, 1.807) is 11.3 Å². The third kappa shape index (κ3) is 5.64. The first-order valence-corrected chi connectivity index (χ1v) is 12.0. The molecule has 1 saturated heterocycles. The number of nitrogens with one attached hydrogen (secondary N) is 1. The van der Waals surface area contributed by atoms with Crippen molar-refractivity contribution in [2.45, 2.75) is 25.8 Å². The van der Waals surface area contributed by atoms with Crippen LogP contribution in [0, 0.1) is 6.92 Å². The molecule has 33 heavy (non-hydrogen) atoms. The summed E-state index contributed by atoms with van der Waals surface area (Å²) in [4.78, 5) is 14.1. The average molecular weight is 462 g/mol. The van der Waals surface area contributed by atoms with Crippen molar-refractivity contribution in [3.63, 3.8) is 0 Å². The van der Waals surface area contributed by atoms with Crippen LogP contribution in [0.3, 0.4) is 0 Å². The maximum Gasteiger partial charge on any atom is 0.161 e. The van der Waals surface area contributed by atoms with Gasteiger partial charge in [0.15, 0.2) is 10.8 Å². The lowest BCUT2D eigenvalue weighted by Gasteiger charge is -2.30. The summed E-state index contributed by atoms with van der Waals surface area (Å²) >= 11 is 1.56. The van der Waals surface area contributed by atoms with Crippen LogP contribution in [-0.2, 0) is 0 Å². The minimum Gasteiger partial charge on any atom is -0.383 e. The van der Waals surface area contributed by atoms with Crippen LogP contribution in [0.2, 0.25) is 0 Å². The van der Waals surface area contributed by atoms with Crippen molar-refractivity contribution in [3.05, 3.63) is 59.9 Å². The minimum absolute atomic E-state index is 0.374. The topological polar surface area (TPSA) is 70.1 Å². The fourth-order valence-corrected chi connectivity index (χ4v) is 4.60. The molecule has 3 aromatic rings. The van der Waals surface area contributed by atoms with Crippen LogP contribution in [0.25, 0.3) is 27.5 Å². The van der Waals surface area contributed by atoms with Gasteiger partial charge in [-0.15, -0.1) is 10.2 Å². The quantitative estimate of drug-likeness (QED) is 0.517. The summed E-state index contributed by atoms with van der Waals surface area (Å²) in [6.07, 6.45) is 7.96. The summed E-state index contributed by atoms with van der Waals surface area (Å²) in [6, 6.07) is 8.64. The standard InChI is InChI=1S/C25H31N7S/c1-6-18(16-31(3)4)19-8-7-9-20(14-19)23-26-15-22(25-30-29-17(2)33-25)24(28-23)27-21-10-12-32(5)13-11-21/h6-9,14-16,21H,1,10-13H2,2-5H3,(H,26,27,28)/b18-16+. The van der Waals surface area contributed by atoms with Gasteiger partial charge in [0, 0.05) is 38.1 Å². The van der Waals surface area contributed by atoms with Crippen molar-refractivity contribution in [2.24, 2.45) is 0 Å². The maximum absolute atomic E-state index is 4.98. The van der Waals surface area contributed by atoms with Crippen molar-refractivity contribution in [1.82, 2.24) is 30.0 Å². The van der Waals surface area contributed by atoms with Gasteiger partial charge < -0.3 is 15.1 Å². The van der Waals surface area contributed by atoms with Crippen molar-refractivity contribution < 1.29 is 0 Å². The van der Waals surface area contributed by atoms with Gasteiger partial charge in [-0.25, -0.2) is 9.97 Å². The van der Waals surface area contributed by atoms with E-state index in [0.717, 1.165) is 64.0 Å². The van der Waals surface area contributed by atoms with Crippen molar-refractivity contribution in [1.29, 1.82) is 0 Å². The Morgan fingerprint density at radius 3 is 2.70 bits per heavy atom. The fraction of sp³-hybridized carbons (Fsp3) is 0.360. The first-order chi connectivity index (χ1) is 15.9. The highest BCUT2D eigenvalue weighted by Gasteiger charge is 2.21. The first kappa shape index (κ1) is 23.1. The molecule has 1 aromatic carbocycles. The van der Waals surface area contributed by atoms with Gasteiger partial charge in [-0.3, -0.25) is 0 Å². The molecule has 0 bridgehead atoms. The second-order valence-electron chi connectivity index (χ2n) is 8.64. The van der Waals surface area contributed by atoms with Crippen LogP contribution < -0.4 is 5.32 Å². The van der Waals surface area contributed by atoms with Crippen LogP contribution in [-0.4, -0.2) is 70.2 Å². The third-order valence-electron chi connectivity index (χ3n) is 5.68. The third-order valence-corrected chi connectivity index (χ3v) is 6.55. The number of hydrogen-bond acceptors (Lipinski definition) is 8. The Kier molecular flexibility index (Phi) is 7.15. The molecule has 1 aliphatic rings. The van der Waals surface area contributed by atoms with Gasteiger partial charge >= 0.3 is 0 Å². The van der Waals surface area contributed by atoms with Crippen LogP contribution in [0.4, 0.5) is 5.82 Å². The molecule has 4 rings (SSSR count). The number of piperidine rings is 1. The van der Waals surface area contributed by atoms with E-state index in [0.29, 0.717) is 11.9 Å². The van der Waals surface area contributed by atoms with Gasteiger partial charge in [-0.2, -0.15) is 0 Å². The highest BCUT2D eigenvalue weighted by molar-refractivity contribution is 7.14. The Hall–Kier alpha value is -3.10. The number of nitrogens with zero attached hydrogens (tertiary/aromatic N) is 6. The normalized spacial score (nSPS) is 15.5. The predicted molar refractivity (Wildman–Crippen MR) is 137 cm³/mol. The van der Waals surface area contributed by atoms with E-state index in [1.807, 2.05) is 50.3 Å². The van der Waals surface area contributed by atoms with E-state index < -0.39 is 0 Å². The molecule has 1 N–H and O–H groups in total. The molecule has 0 spiro atoms. The second kappa shape index (κ2) is 10.2. The Balaban J connectivity index is 1.71. The summed E-state index contributed by atoms with van der Waals surface area (Å²) < 4.78 is 0. The maximum atomic E-state index is 4.98. The lowest BCUT2D eigenvalue weighted by Crippen LogP contribution is -2.37. The molecule has 3 heterocycles. The molecule has 0 atom stereocenters. The van der Waals surface area contributed by atoms with Crippen LogP contribution in [0.5, 0.6) is 0 Å². The average Bonchev–Trinajstić information content (AvgIpc) is 3.25. The predicted octanol–water partition coefficient (Wildman–Crippen LogP) is 4.57. The molecule has 0 radical (unpaired) electrons. The molecule has 8 heteroatoms. The van der Waals surface area contributed by atoms with E-state index >= 15 is 0 Å². The SMILES string of the molecule is C=C/C(=C\N(C)C)c1cccc(-c2ncc(-c3nnc(C)s3)c(NC3CCN(C)CC3)n2)c1. The van der Waals surface area contributed by atoms with Crippen molar-refractivity contribution >= 4 is 22.7 Å². The summed E-state index contributed by atoms with van der Waals surface area (Å²) in [6.45, 7) is 8.09. The Labute approximate surface area is 199 Å². The summed E-state index contributed by atoms with van der Waals surface area (Å²) in [5.74, 6) is 1.51. The van der Waals surface area contributed by atoms with E-state index in [-0.39, 0.29) is 0 Å². The first-order valence-electron chi connectivity index (χ1n) is 11.2. The Morgan fingerprint density at radius 1 is 1.24 bits per heavy atom. The van der Waals surface area contributed by atoms with Crippen LogP contribution in [0.1, 0.15) is 23.4 Å². The largest absolute Gasteiger partial charge is 0.383 e. The highest BCUT2D eigenvalue weighted by Crippen LogP contribution is 2.32. The van der Waals surface area contributed by atoms with Gasteiger partial charge in [0.1, 0.15) is 10.8 Å². The molecule has 172 valence electrons. The van der Waals surface area contributed by atoms with Gasteiger partial charge in [-0.05, 0) is 57.1 Å². The molecule has 0 unspecified atom stereocenters. The van der Waals surface area contributed by atoms with Gasteiger partial charge in [0.25, 0.3) is 0 Å². The number of anilines is 1. The molecule has 0 amide bonds. The highest BCUT2D eigenvalue weighted by atomic mass is 32.1. The molecule has 2 aromatic heterocycles. The molecule has 0 aliphatic carbocycles. The van der Waals surface area contributed by atoms with Crippen molar-refractivity contribution in [3.8, 4) is 22.0 Å². The van der Waals surface area contributed by atoms with Crippen LogP contribution >= 0.6 is 11.3 Å². The Bertz CT molecular complexity index is 1140. The zero-order valence-corrected chi connectivity index (χ0v) is 20.6. The van der Waals surface area contributed by atoms with Crippen molar-refractivity contribution in [2.75, 3.05) is 39.5 Å². The van der Waals surface area contributed by atoms with E-state index in [2.05, 4.69) is 52.4 Å². The number of benzene rings is 1. The van der Waals surface area contributed by atoms with E-state index in [1.165, 1.54) is 0 Å². The van der Waals surface area contributed by atoms with E-state index in [4.69, 9.17) is 9.97 Å². The zero-order chi connectivity index (χ0) is 23.4. The molecular formula is C25H31N7S. The number of likely N-dealkylation sites (tertiary alicyclic amines) is 1. The van der Waals surface area contributed by atoms with Gasteiger partial charge in [0.2, 0.25) is 0 Å². The summed E-state index contributed by atoms with van der Waals surface area (Å²) in [5, 5.41) is 14.0. The summed E-state index contributed by atoms with van der Waals surface area (Å²) in [7, 11) is 6.18. The minimum atomic E-state index is 0.374. The fourth-order valence-electron chi connectivity index (χ4n) is 3.90. The molecule has 1 fully saturated rings. The van der Waals surface area contributed by atoms with Crippen LogP contribution in [0.15, 0.2) is 49.3 Å². The summed E-state index contributed by atoms with van der Waals surface area (Å²) in [5.41, 5.74) is 3.99. The molecular weight excluding hydrogens is 430 g/mol. The second-order valence-corrected chi connectivity index (χ2v) is 9.82. The lowest BCUT2D eigenvalue weighted by molar-refractivity contribution is 0.263. The number of allylic oxidation sites excluding steroid dienone is 2. The monoisotopic (exact) mass is 461 g/mol. The number of aryl methyl sites for hydroxylation is 1. The number of hydrogen-bond donors (Lipinski definition) is 1. The van der Waals surface area contributed by atoms with Gasteiger partial charge in [-0.1, -0.05) is 42.2 Å². The smallest absolute Gasteiger partial charge is 0.161 e. The molecule has 1 aliphatic heterocycles. The Morgan fingerprint density at radius 2 is 2.03 bits per heavy atom. The molecule has 7 nitrogen and oxygen atoms in total. The van der Waals surface area contributed by atoms with E-state index in [9.17, 15) is 0 Å².